The van der Waals surface area contributed by atoms with E-state index in [1.807, 2.05) is 20.8 Å². The fourth-order valence-corrected chi connectivity index (χ4v) is 4.24. The molecule has 29 heavy (non-hydrogen) atoms. The van der Waals surface area contributed by atoms with Crippen molar-refractivity contribution in [2.24, 2.45) is 0 Å². The molecule has 0 saturated heterocycles. The summed E-state index contributed by atoms with van der Waals surface area (Å²) in [6.07, 6.45) is 6.71. The highest BCUT2D eigenvalue weighted by atomic mass is 19.1. The van der Waals surface area contributed by atoms with Crippen molar-refractivity contribution < 1.29 is 13.5 Å². The third kappa shape index (κ3) is 3.82. The molecule has 2 heterocycles. The molecule has 1 aliphatic rings. The number of halogens is 2. The average Bonchev–Trinajstić information content (AvgIpc) is 3.08. The van der Waals surface area contributed by atoms with Crippen LogP contribution >= 0.6 is 0 Å². The Morgan fingerprint density at radius 2 is 1.69 bits per heavy atom. The summed E-state index contributed by atoms with van der Waals surface area (Å²) in [5.74, 6) is -0.534. The molecule has 3 aromatic rings. The molecule has 2 aromatic heterocycles. The van der Waals surface area contributed by atoms with Gasteiger partial charge in [-0.1, -0.05) is 19.3 Å². The second-order valence-corrected chi connectivity index (χ2v) is 8.74. The lowest BCUT2D eigenvalue weighted by atomic mass is 9.83. The van der Waals surface area contributed by atoms with Gasteiger partial charge in [-0.15, -0.1) is 0 Å². The van der Waals surface area contributed by atoms with Crippen LogP contribution in [0, 0.1) is 18.6 Å². The predicted molar refractivity (Wildman–Crippen MR) is 107 cm³/mol. The lowest BCUT2D eigenvalue weighted by Crippen LogP contribution is -2.23. The van der Waals surface area contributed by atoms with Gasteiger partial charge in [0, 0.05) is 23.6 Å². The number of hydrogen-bond donors (Lipinski definition) is 0. The van der Waals surface area contributed by atoms with Crippen molar-refractivity contribution in [3.05, 3.63) is 41.5 Å². The van der Waals surface area contributed by atoms with E-state index in [4.69, 9.17) is 4.74 Å². The molecule has 1 aromatic carbocycles. The van der Waals surface area contributed by atoms with Crippen molar-refractivity contribution in [1.82, 2.24) is 19.6 Å². The van der Waals surface area contributed by atoms with Gasteiger partial charge in [-0.3, -0.25) is 0 Å². The third-order valence-electron chi connectivity index (χ3n) is 5.33. The summed E-state index contributed by atoms with van der Waals surface area (Å²) in [5.41, 5.74) is 1.20. The molecule has 0 bridgehead atoms. The van der Waals surface area contributed by atoms with Crippen LogP contribution in [0.4, 0.5) is 8.78 Å². The van der Waals surface area contributed by atoms with Gasteiger partial charge in [0.2, 0.25) is 0 Å². The zero-order valence-electron chi connectivity index (χ0n) is 17.3. The van der Waals surface area contributed by atoms with E-state index in [1.165, 1.54) is 24.9 Å². The quantitative estimate of drug-likeness (QED) is 0.574. The fourth-order valence-electron chi connectivity index (χ4n) is 4.24. The van der Waals surface area contributed by atoms with E-state index in [0.29, 0.717) is 17.0 Å². The molecule has 0 aliphatic heterocycles. The van der Waals surface area contributed by atoms with Crippen molar-refractivity contribution in [3.63, 3.8) is 0 Å². The van der Waals surface area contributed by atoms with Crippen molar-refractivity contribution in [2.75, 3.05) is 0 Å². The molecular formula is C22H26F2N4O. The van der Waals surface area contributed by atoms with Crippen LogP contribution in [0.15, 0.2) is 18.5 Å². The molecular weight excluding hydrogens is 374 g/mol. The molecule has 1 aliphatic carbocycles. The molecule has 1 saturated carbocycles. The smallest absolute Gasteiger partial charge is 0.252 e. The highest BCUT2D eigenvalue weighted by molar-refractivity contribution is 5.72. The highest BCUT2D eigenvalue weighted by Gasteiger charge is 2.29. The van der Waals surface area contributed by atoms with Gasteiger partial charge in [0.05, 0.1) is 17.0 Å². The molecule has 0 spiro atoms. The minimum atomic E-state index is -0.661. The maximum Gasteiger partial charge on any atom is 0.252 e. The molecule has 7 heteroatoms. The topological polar surface area (TPSA) is 52.3 Å². The van der Waals surface area contributed by atoms with E-state index in [9.17, 15) is 0 Å². The van der Waals surface area contributed by atoms with E-state index < -0.39 is 17.2 Å². The van der Waals surface area contributed by atoms with Crippen molar-refractivity contribution in [2.45, 2.75) is 71.3 Å². The Hall–Kier alpha value is -2.57. The maximum absolute atomic E-state index is 15.2. The van der Waals surface area contributed by atoms with Gasteiger partial charge in [-0.2, -0.15) is 10.1 Å². The second-order valence-electron chi connectivity index (χ2n) is 8.74. The van der Waals surface area contributed by atoms with E-state index in [-0.39, 0.29) is 17.2 Å². The van der Waals surface area contributed by atoms with Crippen molar-refractivity contribution >= 4 is 5.78 Å². The van der Waals surface area contributed by atoms with Crippen molar-refractivity contribution in [1.29, 1.82) is 0 Å². The largest absolute Gasteiger partial charge is 0.488 e. The zero-order chi connectivity index (χ0) is 20.8. The van der Waals surface area contributed by atoms with Gasteiger partial charge in [0.1, 0.15) is 29.3 Å². The normalized spacial score (nSPS) is 15.8. The van der Waals surface area contributed by atoms with E-state index in [1.54, 1.807) is 11.4 Å². The Morgan fingerprint density at radius 3 is 2.31 bits per heavy atom. The monoisotopic (exact) mass is 400 g/mol. The number of rotatable bonds is 3. The Kier molecular flexibility index (Phi) is 5.00. The first kappa shape index (κ1) is 19.7. The van der Waals surface area contributed by atoms with Crippen LogP contribution in [0.1, 0.15) is 70.2 Å². The Labute approximate surface area is 169 Å². The van der Waals surface area contributed by atoms with Crippen LogP contribution < -0.4 is 4.74 Å². The number of nitrogens with zero attached hydrogens (tertiary/aromatic N) is 4. The first-order valence-electron chi connectivity index (χ1n) is 10.1. The summed E-state index contributed by atoms with van der Waals surface area (Å²) in [5, 5.41) is 4.32. The first-order valence-corrected chi connectivity index (χ1v) is 10.1. The van der Waals surface area contributed by atoms with Gasteiger partial charge in [0.25, 0.3) is 5.78 Å². The van der Waals surface area contributed by atoms with Gasteiger partial charge >= 0.3 is 0 Å². The lowest BCUT2D eigenvalue weighted by molar-refractivity contribution is 0.130. The van der Waals surface area contributed by atoms with E-state index in [0.717, 1.165) is 31.4 Å². The van der Waals surface area contributed by atoms with Crippen LogP contribution in [-0.2, 0) is 0 Å². The summed E-state index contributed by atoms with van der Waals surface area (Å²) < 4.78 is 37.8. The lowest BCUT2D eigenvalue weighted by Gasteiger charge is -2.26. The minimum absolute atomic E-state index is 0.0748. The molecule has 0 unspecified atom stereocenters. The predicted octanol–water partition coefficient (Wildman–Crippen LogP) is 5.60. The summed E-state index contributed by atoms with van der Waals surface area (Å²) in [6, 6.07) is 2.50. The number of aryl methyl sites for hydroxylation is 1. The first-order chi connectivity index (χ1) is 13.7. The Morgan fingerprint density at radius 1 is 1.03 bits per heavy atom. The average molecular weight is 400 g/mol. The van der Waals surface area contributed by atoms with E-state index >= 15 is 8.78 Å². The molecule has 0 N–H and O–H groups in total. The standard InChI is InChI=1S/C22H26F2N4O/c1-13-18(19-16(23)10-15(11-17(19)24)29-22(2,3)4)20(14-8-6-5-7-9-14)28-21(27-13)25-12-26-28/h10-12,14H,5-9H2,1-4H3. The number of aromatic nitrogens is 4. The van der Waals surface area contributed by atoms with Gasteiger partial charge in [-0.05, 0) is 40.5 Å². The molecule has 5 nitrogen and oxygen atoms in total. The van der Waals surface area contributed by atoms with Crippen LogP contribution in [0.25, 0.3) is 16.9 Å². The molecule has 154 valence electrons. The molecule has 1 fully saturated rings. The van der Waals surface area contributed by atoms with E-state index in [2.05, 4.69) is 15.1 Å². The zero-order valence-corrected chi connectivity index (χ0v) is 17.3. The second kappa shape index (κ2) is 7.35. The van der Waals surface area contributed by atoms with Gasteiger partial charge < -0.3 is 4.74 Å². The Balaban J connectivity index is 1.93. The third-order valence-corrected chi connectivity index (χ3v) is 5.33. The number of fused-ring (bicyclic) bond motifs is 1. The summed E-state index contributed by atoms with van der Waals surface area (Å²) in [6.45, 7) is 7.29. The summed E-state index contributed by atoms with van der Waals surface area (Å²) in [4.78, 5) is 8.66. The highest BCUT2D eigenvalue weighted by Crippen LogP contribution is 2.41. The number of ether oxygens (including phenoxy) is 1. The Bertz CT molecular complexity index is 1030. The van der Waals surface area contributed by atoms with Crippen LogP contribution in [0.3, 0.4) is 0 Å². The van der Waals surface area contributed by atoms with Gasteiger partial charge in [0.15, 0.2) is 0 Å². The number of hydrogen-bond acceptors (Lipinski definition) is 4. The summed E-state index contributed by atoms with van der Waals surface area (Å²) in [7, 11) is 0. The fraction of sp³-hybridized carbons (Fsp3) is 0.500. The van der Waals surface area contributed by atoms with Gasteiger partial charge in [-0.25, -0.2) is 18.3 Å². The van der Waals surface area contributed by atoms with Crippen LogP contribution in [0.2, 0.25) is 0 Å². The van der Waals surface area contributed by atoms with Crippen LogP contribution in [-0.4, -0.2) is 25.2 Å². The molecule has 4 rings (SSSR count). The minimum Gasteiger partial charge on any atom is -0.488 e. The molecule has 0 radical (unpaired) electrons. The SMILES string of the molecule is Cc1nc2ncnn2c(C2CCCCC2)c1-c1c(F)cc(OC(C)(C)C)cc1F. The maximum atomic E-state index is 15.2. The summed E-state index contributed by atoms with van der Waals surface area (Å²) >= 11 is 0. The van der Waals surface area contributed by atoms with Crippen molar-refractivity contribution in [3.8, 4) is 16.9 Å². The number of benzene rings is 1. The molecule has 0 amide bonds. The molecule has 0 atom stereocenters. The van der Waals surface area contributed by atoms with Crippen LogP contribution in [0.5, 0.6) is 5.75 Å².